The van der Waals surface area contributed by atoms with Gasteiger partial charge in [0.25, 0.3) is 0 Å². The Balaban J connectivity index is 1.38. The molecule has 0 amide bonds. The Morgan fingerprint density at radius 1 is 1.17 bits per heavy atom. The van der Waals surface area contributed by atoms with Gasteiger partial charge in [-0.1, -0.05) is 24.6 Å². The zero-order valence-corrected chi connectivity index (χ0v) is 12.1. The maximum Gasteiger partial charge on any atom is 0.157 e. The lowest BCUT2D eigenvalue weighted by molar-refractivity contribution is 0.336. The Kier molecular flexibility index (Phi) is 4.14. The molecule has 2 aliphatic heterocycles. The number of amidine groups is 1. The normalized spacial score (nSPS) is 29.4. The van der Waals surface area contributed by atoms with Crippen molar-refractivity contribution in [2.24, 2.45) is 4.99 Å². The largest absolute Gasteiger partial charge is 0.359 e. The summed E-state index contributed by atoms with van der Waals surface area (Å²) in [7, 11) is 0. The lowest BCUT2D eigenvalue weighted by atomic mass is 10.0. The van der Waals surface area contributed by atoms with Gasteiger partial charge in [0, 0.05) is 17.8 Å². The first-order chi connectivity index (χ1) is 8.86. The molecule has 0 radical (unpaired) electrons. The topological polar surface area (TPSA) is 27.6 Å². The fourth-order valence-electron chi connectivity index (χ4n) is 3.39. The Labute approximate surface area is 115 Å². The molecule has 3 nitrogen and oxygen atoms in total. The molecule has 0 atom stereocenters. The third kappa shape index (κ3) is 3.02. The maximum absolute atomic E-state index is 4.74. The number of hydrogen-bond acceptors (Lipinski definition) is 3. The van der Waals surface area contributed by atoms with Crippen molar-refractivity contribution in [2.45, 2.75) is 50.5 Å². The summed E-state index contributed by atoms with van der Waals surface area (Å²) in [5, 5.41) is 4.91. The number of thioether (sulfide) groups is 1. The Bertz CT molecular complexity index is 304. The molecule has 18 heavy (non-hydrogen) atoms. The van der Waals surface area contributed by atoms with E-state index in [4.69, 9.17) is 4.99 Å². The highest BCUT2D eigenvalue weighted by Crippen LogP contribution is 2.37. The quantitative estimate of drug-likeness (QED) is 0.793. The summed E-state index contributed by atoms with van der Waals surface area (Å²) in [4.78, 5) is 7.32. The molecule has 0 aromatic rings. The predicted octanol–water partition coefficient (Wildman–Crippen LogP) is 2.48. The molecule has 2 saturated heterocycles. The first kappa shape index (κ1) is 12.8. The van der Waals surface area contributed by atoms with E-state index in [2.05, 4.69) is 10.2 Å². The standard InChI is InChI=1S/C14H25N3S/c1-2-7-14(6-1)12-18-13(16-14)15-8-5-11-17-9-3-4-10-17/h1-12H2,(H,15,16). The highest BCUT2D eigenvalue weighted by atomic mass is 32.2. The summed E-state index contributed by atoms with van der Waals surface area (Å²) in [6.07, 6.45) is 9.52. The highest BCUT2D eigenvalue weighted by molar-refractivity contribution is 8.14. The maximum atomic E-state index is 4.74. The van der Waals surface area contributed by atoms with E-state index in [1.165, 1.54) is 75.5 Å². The second-order valence-corrected chi connectivity index (χ2v) is 6.95. The van der Waals surface area contributed by atoms with E-state index >= 15 is 0 Å². The van der Waals surface area contributed by atoms with Gasteiger partial charge in [-0.15, -0.1) is 0 Å². The van der Waals surface area contributed by atoms with Crippen LogP contribution in [0.4, 0.5) is 0 Å². The van der Waals surface area contributed by atoms with Crippen molar-refractivity contribution in [3.63, 3.8) is 0 Å². The van der Waals surface area contributed by atoms with Crippen molar-refractivity contribution in [1.82, 2.24) is 10.2 Å². The van der Waals surface area contributed by atoms with E-state index in [1.54, 1.807) is 0 Å². The van der Waals surface area contributed by atoms with E-state index < -0.39 is 0 Å². The first-order valence-corrected chi connectivity index (χ1v) is 8.53. The first-order valence-electron chi connectivity index (χ1n) is 7.54. The van der Waals surface area contributed by atoms with Crippen molar-refractivity contribution in [3.8, 4) is 0 Å². The Morgan fingerprint density at radius 3 is 2.72 bits per heavy atom. The molecule has 0 aromatic carbocycles. The third-order valence-electron chi connectivity index (χ3n) is 4.50. The lowest BCUT2D eigenvalue weighted by Crippen LogP contribution is -2.40. The van der Waals surface area contributed by atoms with Crippen LogP contribution in [-0.4, -0.2) is 47.5 Å². The fourth-order valence-corrected chi connectivity index (χ4v) is 4.64. The van der Waals surface area contributed by atoms with Crippen molar-refractivity contribution >= 4 is 16.9 Å². The average molecular weight is 267 g/mol. The van der Waals surface area contributed by atoms with E-state index in [0.717, 1.165) is 6.54 Å². The molecular formula is C14H25N3S. The van der Waals surface area contributed by atoms with Gasteiger partial charge in [0.1, 0.15) is 0 Å². The molecule has 0 aromatic heterocycles. The van der Waals surface area contributed by atoms with E-state index in [1.807, 2.05) is 11.8 Å². The molecule has 4 heteroatoms. The van der Waals surface area contributed by atoms with E-state index in [0.29, 0.717) is 5.54 Å². The molecule has 0 bridgehead atoms. The number of nitrogens with one attached hydrogen (secondary N) is 1. The van der Waals surface area contributed by atoms with Gasteiger partial charge < -0.3 is 10.2 Å². The smallest absolute Gasteiger partial charge is 0.157 e. The lowest BCUT2D eigenvalue weighted by Gasteiger charge is -2.21. The van der Waals surface area contributed by atoms with Crippen molar-refractivity contribution < 1.29 is 0 Å². The molecule has 3 fully saturated rings. The van der Waals surface area contributed by atoms with Crippen LogP contribution in [-0.2, 0) is 0 Å². The van der Waals surface area contributed by atoms with Gasteiger partial charge in [-0.05, 0) is 51.7 Å². The minimum Gasteiger partial charge on any atom is -0.359 e. The van der Waals surface area contributed by atoms with Crippen LogP contribution in [0.2, 0.25) is 0 Å². The monoisotopic (exact) mass is 267 g/mol. The number of nitrogens with zero attached hydrogens (tertiary/aromatic N) is 2. The summed E-state index contributed by atoms with van der Waals surface area (Å²) in [5.74, 6) is 1.25. The van der Waals surface area contributed by atoms with Crippen LogP contribution in [0.1, 0.15) is 44.9 Å². The van der Waals surface area contributed by atoms with Gasteiger partial charge in [-0.3, -0.25) is 4.99 Å². The Hall–Kier alpha value is -0.220. The Morgan fingerprint density at radius 2 is 1.94 bits per heavy atom. The van der Waals surface area contributed by atoms with Gasteiger partial charge in [0.15, 0.2) is 5.17 Å². The van der Waals surface area contributed by atoms with Gasteiger partial charge >= 0.3 is 0 Å². The van der Waals surface area contributed by atoms with Crippen LogP contribution < -0.4 is 5.32 Å². The van der Waals surface area contributed by atoms with Crippen LogP contribution in [0.15, 0.2) is 4.99 Å². The number of rotatable bonds is 4. The van der Waals surface area contributed by atoms with Crippen LogP contribution in [0.3, 0.4) is 0 Å². The van der Waals surface area contributed by atoms with Crippen LogP contribution in [0, 0.1) is 0 Å². The number of likely N-dealkylation sites (tertiary alicyclic amines) is 1. The fraction of sp³-hybridized carbons (Fsp3) is 0.929. The zero-order chi connectivity index (χ0) is 12.3. The number of hydrogen-bond donors (Lipinski definition) is 1. The average Bonchev–Trinajstić information content (AvgIpc) is 3.10. The molecule has 3 rings (SSSR count). The molecule has 1 N–H and O–H groups in total. The minimum atomic E-state index is 0.429. The van der Waals surface area contributed by atoms with Crippen LogP contribution in [0.25, 0.3) is 0 Å². The SMILES string of the molecule is C1CCN(CCCN=C2NC3(CCCC3)CS2)C1. The summed E-state index contributed by atoms with van der Waals surface area (Å²) < 4.78 is 0. The molecule has 3 aliphatic rings. The van der Waals surface area contributed by atoms with E-state index in [9.17, 15) is 0 Å². The summed E-state index contributed by atoms with van der Waals surface area (Å²) in [6.45, 7) is 4.87. The molecule has 2 heterocycles. The molecule has 0 unspecified atom stereocenters. The second kappa shape index (κ2) is 5.83. The van der Waals surface area contributed by atoms with Crippen molar-refractivity contribution in [3.05, 3.63) is 0 Å². The summed E-state index contributed by atoms with van der Waals surface area (Å²) in [6, 6.07) is 0. The van der Waals surface area contributed by atoms with Crippen molar-refractivity contribution in [1.29, 1.82) is 0 Å². The second-order valence-electron chi connectivity index (χ2n) is 5.99. The zero-order valence-electron chi connectivity index (χ0n) is 11.3. The molecule has 102 valence electrons. The summed E-state index contributed by atoms with van der Waals surface area (Å²) >= 11 is 1.95. The molecular weight excluding hydrogens is 242 g/mol. The minimum absolute atomic E-state index is 0.429. The van der Waals surface area contributed by atoms with Gasteiger partial charge in [0.2, 0.25) is 0 Å². The molecule has 1 spiro atoms. The van der Waals surface area contributed by atoms with Gasteiger partial charge in [-0.25, -0.2) is 0 Å². The molecule has 1 aliphatic carbocycles. The summed E-state index contributed by atoms with van der Waals surface area (Å²) in [5.41, 5.74) is 0.429. The third-order valence-corrected chi connectivity index (χ3v) is 5.71. The van der Waals surface area contributed by atoms with Crippen molar-refractivity contribution in [2.75, 3.05) is 31.9 Å². The van der Waals surface area contributed by atoms with Crippen LogP contribution in [0.5, 0.6) is 0 Å². The van der Waals surface area contributed by atoms with Crippen LogP contribution >= 0.6 is 11.8 Å². The number of aliphatic imine (C=N–C) groups is 1. The van der Waals surface area contributed by atoms with Gasteiger partial charge in [-0.2, -0.15) is 0 Å². The predicted molar refractivity (Wildman–Crippen MR) is 79.4 cm³/mol. The molecule has 1 saturated carbocycles. The highest BCUT2D eigenvalue weighted by Gasteiger charge is 2.39. The van der Waals surface area contributed by atoms with E-state index in [-0.39, 0.29) is 0 Å². The van der Waals surface area contributed by atoms with Gasteiger partial charge in [0.05, 0.1) is 0 Å².